The Hall–Kier alpha value is -0.840. The highest BCUT2D eigenvalue weighted by Crippen LogP contribution is 2.30. The van der Waals surface area contributed by atoms with Gasteiger partial charge < -0.3 is 10.2 Å². The Bertz CT molecular complexity index is 528. The summed E-state index contributed by atoms with van der Waals surface area (Å²) in [5, 5.41) is 3.85. The maximum Gasteiger partial charge on any atom is 0.256 e. The van der Waals surface area contributed by atoms with Crippen LogP contribution in [0.15, 0.2) is 18.2 Å². The fourth-order valence-corrected chi connectivity index (χ4v) is 3.52. The van der Waals surface area contributed by atoms with E-state index < -0.39 is 5.82 Å². The predicted octanol–water partition coefficient (Wildman–Crippen LogP) is 3.26. The molecule has 2 bridgehead atoms. The van der Waals surface area contributed by atoms with Gasteiger partial charge in [-0.15, -0.1) is 12.4 Å². The van der Waals surface area contributed by atoms with Crippen LogP contribution in [0.25, 0.3) is 0 Å². The minimum atomic E-state index is -0.550. The molecule has 2 atom stereocenters. The molecule has 2 aliphatic heterocycles. The summed E-state index contributed by atoms with van der Waals surface area (Å²) >= 11 is 5.72. The smallest absolute Gasteiger partial charge is 0.256 e. The zero-order valence-electron chi connectivity index (χ0n) is 11.8. The van der Waals surface area contributed by atoms with Gasteiger partial charge >= 0.3 is 0 Å². The molecule has 1 N–H and O–H groups in total. The van der Waals surface area contributed by atoms with Crippen molar-refractivity contribution in [3.8, 4) is 0 Å². The van der Waals surface area contributed by atoms with E-state index in [-0.39, 0.29) is 29.9 Å². The molecule has 3 rings (SSSR count). The number of benzene rings is 1. The molecule has 0 spiro atoms. The van der Waals surface area contributed by atoms with Gasteiger partial charge in [-0.2, -0.15) is 0 Å². The molecule has 2 heterocycles. The van der Waals surface area contributed by atoms with Crippen LogP contribution in [0.1, 0.15) is 36.0 Å². The van der Waals surface area contributed by atoms with Gasteiger partial charge in [0.05, 0.1) is 5.56 Å². The number of rotatable bonds is 2. The molecule has 2 saturated heterocycles. The van der Waals surface area contributed by atoms with Gasteiger partial charge in [0, 0.05) is 30.2 Å². The van der Waals surface area contributed by atoms with Gasteiger partial charge in [0.2, 0.25) is 0 Å². The molecule has 0 aliphatic carbocycles. The maximum atomic E-state index is 13.8. The van der Waals surface area contributed by atoms with Gasteiger partial charge in [0.1, 0.15) is 5.82 Å². The first-order valence-electron chi connectivity index (χ1n) is 7.03. The summed E-state index contributed by atoms with van der Waals surface area (Å²) < 4.78 is 13.8. The molecular weight excluding hydrogens is 314 g/mol. The molecule has 6 heteroatoms. The molecule has 1 amide bonds. The molecule has 21 heavy (non-hydrogen) atoms. The summed E-state index contributed by atoms with van der Waals surface area (Å²) in [5.41, 5.74) is 0.0998. The molecule has 0 saturated carbocycles. The molecule has 0 aromatic heterocycles. The quantitative estimate of drug-likeness (QED) is 0.901. The summed E-state index contributed by atoms with van der Waals surface area (Å²) in [5.74, 6) is -0.809. The van der Waals surface area contributed by atoms with Crippen molar-refractivity contribution in [2.75, 3.05) is 7.05 Å². The van der Waals surface area contributed by atoms with E-state index in [0.717, 1.165) is 12.8 Å². The predicted molar refractivity (Wildman–Crippen MR) is 83.7 cm³/mol. The van der Waals surface area contributed by atoms with Crippen LogP contribution in [0.2, 0.25) is 5.02 Å². The molecule has 2 unspecified atom stereocenters. The van der Waals surface area contributed by atoms with Crippen molar-refractivity contribution >= 4 is 29.9 Å². The number of nitrogens with one attached hydrogen (secondary N) is 1. The average molecular weight is 333 g/mol. The Balaban J connectivity index is 0.00000161. The largest absolute Gasteiger partial charge is 0.339 e. The number of hydrogen-bond donors (Lipinski definition) is 1. The van der Waals surface area contributed by atoms with Crippen molar-refractivity contribution in [3.63, 3.8) is 0 Å². The first-order chi connectivity index (χ1) is 9.54. The van der Waals surface area contributed by atoms with Crippen LogP contribution in [-0.4, -0.2) is 36.0 Å². The Kier molecular flexibility index (Phi) is 5.12. The lowest BCUT2D eigenvalue weighted by atomic mass is 9.98. The zero-order chi connectivity index (χ0) is 14.3. The van der Waals surface area contributed by atoms with Gasteiger partial charge in [-0.3, -0.25) is 4.79 Å². The third kappa shape index (κ3) is 3.33. The number of hydrogen-bond acceptors (Lipinski definition) is 2. The highest BCUT2D eigenvalue weighted by atomic mass is 35.5. The first kappa shape index (κ1) is 16.5. The standard InChI is InChI=1S/C15H18ClFN2O.ClH/c1-19(12-7-10-3-4-11(8-12)18-10)15(20)13-5-2-9(16)6-14(13)17;/h2,5-6,10-12,18H,3-4,7-8H2,1H3;1H. The number of halogens is 3. The highest BCUT2D eigenvalue weighted by molar-refractivity contribution is 6.30. The topological polar surface area (TPSA) is 32.3 Å². The third-order valence-electron chi connectivity index (χ3n) is 4.48. The Labute approximate surface area is 135 Å². The lowest BCUT2D eigenvalue weighted by Gasteiger charge is -2.35. The van der Waals surface area contributed by atoms with Crippen molar-refractivity contribution in [2.24, 2.45) is 0 Å². The van der Waals surface area contributed by atoms with Crippen molar-refractivity contribution in [2.45, 2.75) is 43.8 Å². The normalized spacial score (nSPS) is 27.1. The van der Waals surface area contributed by atoms with Gasteiger partial charge in [-0.25, -0.2) is 4.39 Å². The number of carbonyl (C=O) groups excluding carboxylic acids is 1. The lowest BCUT2D eigenvalue weighted by Crippen LogP contribution is -2.48. The first-order valence-corrected chi connectivity index (χ1v) is 7.40. The van der Waals surface area contributed by atoms with Crippen LogP contribution < -0.4 is 5.32 Å². The molecule has 116 valence electrons. The average Bonchev–Trinajstić information content (AvgIpc) is 2.76. The van der Waals surface area contributed by atoms with E-state index in [4.69, 9.17) is 11.6 Å². The molecule has 1 aromatic carbocycles. The molecule has 1 aromatic rings. The monoisotopic (exact) mass is 332 g/mol. The van der Waals surface area contributed by atoms with Gasteiger partial charge in [0.25, 0.3) is 5.91 Å². The van der Waals surface area contributed by atoms with E-state index in [2.05, 4.69) is 5.32 Å². The number of carbonyl (C=O) groups is 1. The van der Waals surface area contributed by atoms with Crippen LogP contribution >= 0.6 is 24.0 Å². The molecule has 3 nitrogen and oxygen atoms in total. The second kappa shape index (κ2) is 6.51. The Morgan fingerprint density at radius 3 is 2.52 bits per heavy atom. The molecule has 2 fully saturated rings. The Morgan fingerprint density at radius 2 is 1.95 bits per heavy atom. The second-order valence-corrected chi connectivity index (χ2v) is 6.24. The fraction of sp³-hybridized carbons (Fsp3) is 0.533. The SMILES string of the molecule is CN(C(=O)c1ccc(Cl)cc1F)C1CC2CCC(C1)N2.Cl. The molecule has 0 radical (unpaired) electrons. The van der Waals surface area contributed by atoms with E-state index in [1.165, 1.54) is 25.0 Å². The highest BCUT2D eigenvalue weighted by Gasteiger charge is 2.36. The summed E-state index contributed by atoms with van der Waals surface area (Å²) in [6, 6.07) is 5.41. The van der Waals surface area contributed by atoms with Crippen LogP contribution in [0.5, 0.6) is 0 Å². The number of amides is 1. The van der Waals surface area contributed by atoms with E-state index in [9.17, 15) is 9.18 Å². The van der Waals surface area contributed by atoms with E-state index >= 15 is 0 Å². The molecule has 2 aliphatic rings. The number of piperidine rings is 1. The van der Waals surface area contributed by atoms with Crippen LogP contribution in [0, 0.1) is 5.82 Å². The van der Waals surface area contributed by atoms with Gasteiger partial charge in [0.15, 0.2) is 0 Å². The molecular formula is C15H19Cl2FN2O. The van der Waals surface area contributed by atoms with Crippen LogP contribution in [0.4, 0.5) is 4.39 Å². The maximum absolute atomic E-state index is 13.8. The second-order valence-electron chi connectivity index (χ2n) is 5.80. The summed E-state index contributed by atoms with van der Waals surface area (Å²) in [4.78, 5) is 14.1. The van der Waals surface area contributed by atoms with Crippen molar-refractivity contribution in [1.82, 2.24) is 10.2 Å². The minimum Gasteiger partial charge on any atom is -0.339 e. The van der Waals surface area contributed by atoms with Crippen molar-refractivity contribution in [3.05, 3.63) is 34.6 Å². The summed E-state index contributed by atoms with van der Waals surface area (Å²) in [6.45, 7) is 0. The summed E-state index contributed by atoms with van der Waals surface area (Å²) in [6.07, 6.45) is 4.26. The van der Waals surface area contributed by atoms with E-state index in [1.807, 2.05) is 0 Å². The van der Waals surface area contributed by atoms with Crippen LogP contribution in [-0.2, 0) is 0 Å². The van der Waals surface area contributed by atoms with Gasteiger partial charge in [-0.1, -0.05) is 11.6 Å². The minimum absolute atomic E-state index is 0. The van der Waals surface area contributed by atoms with Crippen LogP contribution in [0.3, 0.4) is 0 Å². The van der Waals surface area contributed by atoms with Gasteiger partial charge in [-0.05, 0) is 43.9 Å². The van der Waals surface area contributed by atoms with E-state index in [0.29, 0.717) is 17.1 Å². The fourth-order valence-electron chi connectivity index (χ4n) is 3.36. The van der Waals surface area contributed by atoms with Crippen molar-refractivity contribution < 1.29 is 9.18 Å². The van der Waals surface area contributed by atoms with E-state index in [1.54, 1.807) is 18.0 Å². The lowest BCUT2D eigenvalue weighted by molar-refractivity contribution is 0.0677. The Morgan fingerprint density at radius 1 is 1.33 bits per heavy atom. The third-order valence-corrected chi connectivity index (χ3v) is 4.71. The summed E-state index contributed by atoms with van der Waals surface area (Å²) in [7, 11) is 1.77. The number of fused-ring (bicyclic) bond motifs is 2. The van der Waals surface area contributed by atoms with Crippen molar-refractivity contribution in [1.29, 1.82) is 0 Å². The zero-order valence-corrected chi connectivity index (χ0v) is 13.4. The number of nitrogens with zero attached hydrogens (tertiary/aromatic N) is 1.